The van der Waals surface area contributed by atoms with E-state index in [1.54, 1.807) is 0 Å². The quantitative estimate of drug-likeness (QED) is 0.611. The van der Waals surface area contributed by atoms with E-state index in [1.165, 1.54) is 0 Å². The molecule has 1 rings (SSSR count). The predicted molar refractivity (Wildman–Crippen MR) is 44.3 cm³/mol. The molecule has 0 aromatic carbocycles. The van der Waals surface area contributed by atoms with Gasteiger partial charge in [0, 0.05) is 5.92 Å². The van der Waals surface area contributed by atoms with Crippen molar-refractivity contribution in [1.29, 1.82) is 0 Å². The highest BCUT2D eigenvalue weighted by Gasteiger charge is 2.37. The molecule has 0 spiro atoms. The average molecular weight is 156 g/mol. The van der Waals surface area contributed by atoms with Crippen molar-refractivity contribution in [3.05, 3.63) is 12.7 Å². The van der Waals surface area contributed by atoms with Crippen molar-refractivity contribution in [2.75, 3.05) is 6.61 Å². The molecule has 1 heterocycles. The zero-order valence-corrected chi connectivity index (χ0v) is 7.21. The summed E-state index contributed by atoms with van der Waals surface area (Å²) < 4.78 is 5.58. The molecule has 0 aromatic heterocycles. The number of ether oxygens (including phenoxy) is 1. The summed E-state index contributed by atoms with van der Waals surface area (Å²) in [5.41, 5.74) is -0.0910. The average Bonchev–Trinajstić information content (AvgIpc) is 2.25. The molecule has 11 heavy (non-hydrogen) atoms. The third kappa shape index (κ3) is 1.82. The number of hydrogen-bond donors (Lipinski definition) is 1. The molecule has 0 saturated carbocycles. The van der Waals surface area contributed by atoms with Gasteiger partial charge in [-0.3, -0.25) is 0 Å². The van der Waals surface area contributed by atoms with Gasteiger partial charge in [0.15, 0.2) is 0 Å². The van der Waals surface area contributed by atoms with Crippen LogP contribution in [-0.2, 0) is 4.74 Å². The van der Waals surface area contributed by atoms with Crippen LogP contribution in [0.1, 0.15) is 20.3 Å². The topological polar surface area (TPSA) is 29.5 Å². The van der Waals surface area contributed by atoms with Crippen molar-refractivity contribution >= 4 is 0 Å². The standard InChI is InChI=1S/C9H16O2/c1-4-7-5-9(2,3)11-8(7)6-10/h4,7-8,10H,1,5-6H2,2-3H3. The molecule has 1 aliphatic rings. The van der Waals surface area contributed by atoms with Gasteiger partial charge in [0.25, 0.3) is 0 Å². The molecule has 0 aliphatic carbocycles. The molecule has 2 atom stereocenters. The van der Waals surface area contributed by atoms with E-state index in [1.807, 2.05) is 19.9 Å². The molecule has 0 radical (unpaired) electrons. The number of rotatable bonds is 2. The molecule has 1 fully saturated rings. The van der Waals surface area contributed by atoms with Gasteiger partial charge < -0.3 is 9.84 Å². The number of hydrogen-bond acceptors (Lipinski definition) is 2. The Hall–Kier alpha value is -0.340. The van der Waals surface area contributed by atoms with Crippen LogP contribution in [0.25, 0.3) is 0 Å². The lowest BCUT2D eigenvalue weighted by molar-refractivity contribution is -0.0412. The van der Waals surface area contributed by atoms with Crippen LogP contribution in [-0.4, -0.2) is 23.4 Å². The van der Waals surface area contributed by atoms with Crippen LogP contribution in [0.3, 0.4) is 0 Å². The Kier molecular flexibility index (Phi) is 2.35. The van der Waals surface area contributed by atoms with Crippen LogP contribution >= 0.6 is 0 Å². The first-order valence-corrected chi connectivity index (χ1v) is 4.00. The molecule has 2 heteroatoms. The smallest absolute Gasteiger partial charge is 0.0876 e. The summed E-state index contributed by atoms with van der Waals surface area (Å²) in [6.45, 7) is 7.89. The molecule has 0 amide bonds. The third-order valence-electron chi connectivity index (χ3n) is 2.16. The summed E-state index contributed by atoms with van der Waals surface area (Å²) in [5, 5.41) is 8.93. The van der Waals surface area contributed by atoms with Gasteiger partial charge in [0.1, 0.15) is 0 Å². The maximum absolute atomic E-state index is 8.93. The zero-order valence-electron chi connectivity index (χ0n) is 7.21. The lowest BCUT2D eigenvalue weighted by Gasteiger charge is -2.17. The van der Waals surface area contributed by atoms with Crippen molar-refractivity contribution in [3.63, 3.8) is 0 Å². The monoisotopic (exact) mass is 156 g/mol. The Morgan fingerprint density at radius 3 is 2.73 bits per heavy atom. The fraction of sp³-hybridized carbons (Fsp3) is 0.778. The van der Waals surface area contributed by atoms with Crippen LogP contribution in [0, 0.1) is 5.92 Å². The third-order valence-corrected chi connectivity index (χ3v) is 2.16. The van der Waals surface area contributed by atoms with Gasteiger partial charge in [0.05, 0.1) is 18.3 Å². The van der Waals surface area contributed by atoms with E-state index >= 15 is 0 Å². The first-order chi connectivity index (χ1) is 5.09. The largest absolute Gasteiger partial charge is 0.394 e. The van der Waals surface area contributed by atoms with Gasteiger partial charge in [0.2, 0.25) is 0 Å². The summed E-state index contributed by atoms with van der Waals surface area (Å²) >= 11 is 0. The maximum atomic E-state index is 8.93. The molecule has 64 valence electrons. The van der Waals surface area contributed by atoms with Crippen LogP contribution < -0.4 is 0 Å². The summed E-state index contributed by atoms with van der Waals surface area (Å²) in [4.78, 5) is 0. The minimum Gasteiger partial charge on any atom is -0.394 e. The molecule has 0 bridgehead atoms. The van der Waals surface area contributed by atoms with E-state index in [0.29, 0.717) is 5.92 Å². The Labute approximate surface area is 67.9 Å². The highest BCUT2D eigenvalue weighted by Crippen LogP contribution is 2.34. The number of aliphatic hydroxyl groups excluding tert-OH is 1. The highest BCUT2D eigenvalue weighted by molar-refractivity contribution is 4.96. The Bertz CT molecular complexity index is 152. The molecule has 2 unspecified atom stereocenters. The number of aliphatic hydroxyl groups is 1. The van der Waals surface area contributed by atoms with E-state index in [9.17, 15) is 0 Å². The van der Waals surface area contributed by atoms with E-state index in [2.05, 4.69) is 6.58 Å². The minimum atomic E-state index is -0.0910. The summed E-state index contributed by atoms with van der Waals surface area (Å²) in [6, 6.07) is 0. The van der Waals surface area contributed by atoms with Crippen LogP contribution in [0.5, 0.6) is 0 Å². The summed E-state index contributed by atoms with van der Waals surface area (Å²) in [6.07, 6.45) is 2.79. The van der Waals surface area contributed by atoms with Gasteiger partial charge >= 0.3 is 0 Å². The second-order valence-electron chi connectivity index (χ2n) is 3.70. The first-order valence-electron chi connectivity index (χ1n) is 4.00. The van der Waals surface area contributed by atoms with Gasteiger partial charge in [-0.05, 0) is 20.3 Å². The van der Waals surface area contributed by atoms with E-state index in [-0.39, 0.29) is 18.3 Å². The summed E-state index contributed by atoms with van der Waals surface area (Å²) in [7, 11) is 0. The molecular weight excluding hydrogens is 140 g/mol. The second-order valence-corrected chi connectivity index (χ2v) is 3.70. The lowest BCUT2D eigenvalue weighted by atomic mass is 9.95. The van der Waals surface area contributed by atoms with Crippen molar-refractivity contribution in [2.45, 2.75) is 32.0 Å². The van der Waals surface area contributed by atoms with E-state index in [0.717, 1.165) is 6.42 Å². The minimum absolute atomic E-state index is 0.0394. The Morgan fingerprint density at radius 1 is 1.73 bits per heavy atom. The molecule has 1 saturated heterocycles. The zero-order chi connectivity index (χ0) is 8.48. The molecule has 2 nitrogen and oxygen atoms in total. The summed E-state index contributed by atoms with van der Waals surface area (Å²) in [5.74, 6) is 0.315. The van der Waals surface area contributed by atoms with Crippen molar-refractivity contribution in [3.8, 4) is 0 Å². The van der Waals surface area contributed by atoms with E-state index in [4.69, 9.17) is 9.84 Å². The van der Waals surface area contributed by atoms with Crippen LogP contribution in [0.15, 0.2) is 12.7 Å². The maximum Gasteiger partial charge on any atom is 0.0876 e. The highest BCUT2D eigenvalue weighted by atomic mass is 16.5. The fourth-order valence-corrected chi connectivity index (χ4v) is 1.65. The molecular formula is C9H16O2. The molecule has 1 aliphatic heterocycles. The van der Waals surface area contributed by atoms with Gasteiger partial charge in [-0.25, -0.2) is 0 Å². The van der Waals surface area contributed by atoms with Gasteiger partial charge in [-0.15, -0.1) is 6.58 Å². The second kappa shape index (κ2) is 2.95. The Balaban J connectivity index is 2.62. The van der Waals surface area contributed by atoms with Crippen molar-refractivity contribution < 1.29 is 9.84 Å². The van der Waals surface area contributed by atoms with Crippen LogP contribution in [0.4, 0.5) is 0 Å². The molecule has 0 aromatic rings. The van der Waals surface area contributed by atoms with E-state index < -0.39 is 0 Å². The fourth-order valence-electron chi connectivity index (χ4n) is 1.65. The lowest BCUT2D eigenvalue weighted by Crippen LogP contribution is -2.22. The SMILES string of the molecule is C=CC1CC(C)(C)OC1CO. The Morgan fingerprint density at radius 2 is 2.36 bits per heavy atom. The van der Waals surface area contributed by atoms with Gasteiger partial charge in [-0.1, -0.05) is 6.08 Å². The van der Waals surface area contributed by atoms with Gasteiger partial charge in [-0.2, -0.15) is 0 Å². The predicted octanol–water partition coefficient (Wildman–Crippen LogP) is 1.35. The normalized spacial score (nSPS) is 35.5. The van der Waals surface area contributed by atoms with Crippen molar-refractivity contribution in [1.82, 2.24) is 0 Å². The molecule has 1 N–H and O–H groups in total. The van der Waals surface area contributed by atoms with Crippen molar-refractivity contribution in [2.24, 2.45) is 5.92 Å². The van der Waals surface area contributed by atoms with Crippen LogP contribution in [0.2, 0.25) is 0 Å². The first kappa shape index (κ1) is 8.75.